The first-order chi connectivity index (χ1) is 8.12. The Kier molecular flexibility index (Phi) is 4.13. The minimum Gasteiger partial charge on any atom is -0.350 e. The molecule has 1 aromatic rings. The van der Waals surface area contributed by atoms with Gasteiger partial charge in [-0.2, -0.15) is 0 Å². The predicted molar refractivity (Wildman–Crippen MR) is 69.7 cm³/mol. The fourth-order valence-corrected chi connectivity index (χ4v) is 2.36. The van der Waals surface area contributed by atoms with Crippen LogP contribution in [0.2, 0.25) is 0 Å². The minimum absolute atomic E-state index is 0.142. The largest absolute Gasteiger partial charge is 0.350 e. The van der Waals surface area contributed by atoms with Gasteiger partial charge in [0, 0.05) is 12.8 Å². The lowest BCUT2D eigenvalue weighted by molar-refractivity contribution is -0.125. The van der Waals surface area contributed by atoms with Gasteiger partial charge in [-0.05, 0) is 25.5 Å². The molecule has 18 heavy (non-hydrogen) atoms. The van der Waals surface area contributed by atoms with Gasteiger partial charge in [-0.15, -0.1) is 0 Å². The third kappa shape index (κ3) is 3.82. The molecule has 0 bridgehead atoms. The van der Waals surface area contributed by atoms with Crippen LogP contribution in [0.3, 0.4) is 0 Å². The Morgan fingerprint density at radius 2 is 1.89 bits per heavy atom. The second kappa shape index (κ2) is 5.07. The molecule has 0 aliphatic rings. The fraction of sp³-hybridized carbons (Fsp3) is 0.417. The molecular weight excluding hydrogens is 252 g/mol. The number of sulfone groups is 1. The average molecular weight is 270 g/mol. The Morgan fingerprint density at radius 1 is 1.33 bits per heavy atom. The van der Waals surface area contributed by atoms with Crippen molar-refractivity contribution in [3.8, 4) is 0 Å². The Bertz CT molecular complexity index is 545. The zero-order valence-electron chi connectivity index (χ0n) is 10.7. The number of carbonyl (C=O) groups excluding carboxylic acids is 1. The van der Waals surface area contributed by atoms with Gasteiger partial charge in [-0.1, -0.05) is 18.2 Å². The minimum atomic E-state index is -3.30. The van der Waals surface area contributed by atoms with Gasteiger partial charge < -0.3 is 11.1 Å². The van der Waals surface area contributed by atoms with E-state index in [0.717, 1.165) is 6.26 Å². The summed E-state index contributed by atoms with van der Waals surface area (Å²) in [6.45, 7) is 3.32. The summed E-state index contributed by atoms with van der Waals surface area (Å²) in [4.78, 5) is 11.8. The number of nitrogens with two attached hydrogens (primary N) is 1. The summed E-state index contributed by atoms with van der Waals surface area (Å²) in [5.74, 6) is -0.328. The number of carbonyl (C=O) groups is 1. The number of hydrogen-bond donors (Lipinski definition) is 2. The highest BCUT2D eigenvalue weighted by atomic mass is 32.2. The molecule has 0 saturated carbocycles. The highest BCUT2D eigenvalue weighted by molar-refractivity contribution is 7.90. The van der Waals surface area contributed by atoms with Crippen molar-refractivity contribution in [2.24, 2.45) is 5.73 Å². The van der Waals surface area contributed by atoms with Gasteiger partial charge in [-0.25, -0.2) is 8.42 Å². The molecule has 1 aromatic carbocycles. The standard InChI is InChI=1S/C12H18N2O3S/c1-12(2,13)11(15)14-8-9-6-4-5-7-10(9)18(3,16)17/h4-7H,8,13H2,1-3H3,(H,14,15). The van der Waals surface area contributed by atoms with Gasteiger partial charge in [-0.3, -0.25) is 4.79 Å². The molecule has 0 unspecified atom stereocenters. The maximum Gasteiger partial charge on any atom is 0.239 e. The molecule has 0 saturated heterocycles. The van der Waals surface area contributed by atoms with E-state index in [1.54, 1.807) is 32.0 Å². The fourth-order valence-electron chi connectivity index (χ4n) is 1.41. The second-order valence-corrected chi connectivity index (χ2v) is 6.77. The highest BCUT2D eigenvalue weighted by Gasteiger charge is 2.22. The Labute approximate surface area is 107 Å². The molecule has 0 radical (unpaired) electrons. The second-order valence-electron chi connectivity index (χ2n) is 4.78. The number of hydrogen-bond acceptors (Lipinski definition) is 4. The predicted octanol–water partition coefficient (Wildman–Crippen LogP) is 0.444. The van der Waals surface area contributed by atoms with Crippen molar-refractivity contribution in [1.29, 1.82) is 0 Å². The van der Waals surface area contributed by atoms with E-state index in [1.807, 2.05) is 0 Å². The Hall–Kier alpha value is -1.40. The molecule has 0 aliphatic heterocycles. The van der Waals surface area contributed by atoms with Crippen molar-refractivity contribution in [2.45, 2.75) is 30.8 Å². The van der Waals surface area contributed by atoms with Crippen LogP contribution in [-0.2, 0) is 21.2 Å². The van der Waals surface area contributed by atoms with Crippen LogP contribution in [0.25, 0.3) is 0 Å². The highest BCUT2D eigenvalue weighted by Crippen LogP contribution is 2.15. The van der Waals surface area contributed by atoms with Gasteiger partial charge in [0.15, 0.2) is 9.84 Å². The first-order valence-electron chi connectivity index (χ1n) is 5.47. The molecule has 0 heterocycles. The molecular formula is C12H18N2O3S. The molecule has 100 valence electrons. The van der Waals surface area contributed by atoms with E-state index in [-0.39, 0.29) is 17.3 Å². The van der Waals surface area contributed by atoms with Crippen molar-refractivity contribution in [1.82, 2.24) is 5.32 Å². The third-order valence-electron chi connectivity index (χ3n) is 2.40. The molecule has 0 spiro atoms. The summed E-state index contributed by atoms with van der Waals surface area (Å²) >= 11 is 0. The maximum absolute atomic E-state index is 11.6. The van der Waals surface area contributed by atoms with Crippen LogP contribution in [0.4, 0.5) is 0 Å². The van der Waals surface area contributed by atoms with Gasteiger partial charge in [0.25, 0.3) is 0 Å². The van der Waals surface area contributed by atoms with Crippen molar-refractivity contribution >= 4 is 15.7 Å². The van der Waals surface area contributed by atoms with E-state index < -0.39 is 15.4 Å². The van der Waals surface area contributed by atoms with Gasteiger partial charge in [0.2, 0.25) is 5.91 Å². The Morgan fingerprint density at radius 3 is 2.39 bits per heavy atom. The molecule has 1 amide bonds. The number of nitrogens with one attached hydrogen (secondary N) is 1. The zero-order chi connectivity index (χ0) is 14.0. The van der Waals surface area contributed by atoms with Crippen molar-refractivity contribution < 1.29 is 13.2 Å². The normalized spacial score (nSPS) is 12.2. The van der Waals surface area contributed by atoms with E-state index >= 15 is 0 Å². The SMILES string of the molecule is CC(C)(N)C(=O)NCc1ccccc1S(C)(=O)=O. The lowest BCUT2D eigenvalue weighted by atomic mass is 10.1. The molecule has 0 aromatic heterocycles. The average Bonchev–Trinajstić information content (AvgIpc) is 2.23. The first-order valence-corrected chi connectivity index (χ1v) is 7.36. The van der Waals surface area contributed by atoms with E-state index in [2.05, 4.69) is 5.32 Å². The number of amides is 1. The lowest BCUT2D eigenvalue weighted by Crippen LogP contribution is -2.48. The maximum atomic E-state index is 11.6. The van der Waals surface area contributed by atoms with Crippen LogP contribution in [0.15, 0.2) is 29.2 Å². The van der Waals surface area contributed by atoms with Crippen LogP contribution in [0.1, 0.15) is 19.4 Å². The van der Waals surface area contributed by atoms with Gasteiger partial charge >= 0.3 is 0 Å². The van der Waals surface area contributed by atoms with Crippen LogP contribution in [0, 0.1) is 0 Å². The third-order valence-corrected chi connectivity index (χ3v) is 3.59. The van der Waals surface area contributed by atoms with Crippen molar-refractivity contribution in [2.75, 3.05) is 6.26 Å². The lowest BCUT2D eigenvalue weighted by Gasteiger charge is -2.18. The smallest absolute Gasteiger partial charge is 0.239 e. The molecule has 1 rings (SSSR count). The van der Waals surface area contributed by atoms with E-state index in [0.29, 0.717) is 5.56 Å². The summed E-state index contributed by atoms with van der Waals surface area (Å²) < 4.78 is 23.1. The summed E-state index contributed by atoms with van der Waals surface area (Å²) in [5.41, 5.74) is 5.20. The molecule has 0 aliphatic carbocycles. The van der Waals surface area contributed by atoms with Crippen LogP contribution < -0.4 is 11.1 Å². The molecule has 0 fully saturated rings. The van der Waals surface area contributed by atoms with Crippen LogP contribution in [0.5, 0.6) is 0 Å². The zero-order valence-corrected chi connectivity index (χ0v) is 11.5. The number of benzene rings is 1. The van der Waals surface area contributed by atoms with Crippen LogP contribution >= 0.6 is 0 Å². The van der Waals surface area contributed by atoms with E-state index in [1.165, 1.54) is 6.07 Å². The monoisotopic (exact) mass is 270 g/mol. The van der Waals surface area contributed by atoms with Crippen molar-refractivity contribution in [3.05, 3.63) is 29.8 Å². The van der Waals surface area contributed by atoms with Gasteiger partial charge in [0.1, 0.15) is 0 Å². The molecule has 0 atom stereocenters. The van der Waals surface area contributed by atoms with Gasteiger partial charge in [0.05, 0.1) is 10.4 Å². The van der Waals surface area contributed by atoms with E-state index in [4.69, 9.17) is 5.73 Å². The molecule has 5 nitrogen and oxygen atoms in total. The van der Waals surface area contributed by atoms with Crippen molar-refractivity contribution in [3.63, 3.8) is 0 Å². The summed E-state index contributed by atoms with van der Waals surface area (Å²) in [6.07, 6.45) is 1.14. The Balaban J connectivity index is 2.91. The quantitative estimate of drug-likeness (QED) is 0.831. The summed E-state index contributed by atoms with van der Waals surface area (Å²) in [7, 11) is -3.30. The summed E-state index contributed by atoms with van der Waals surface area (Å²) in [5, 5.41) is 2.62. The number of rotatable bonds is 4. The first kappa shape index (κ1) is 14.7. The van der Waals surface area contributed by atoms with E-state index in [9.17, 15) is 13.2 Å². The topological polar surface area (TPSA) is 89.3 Å². The molecule has 3 N–H and O–H groups in total. The summed E-state index contributed by atoms with van der Waals surface area (Å²) in [6, 6.07) is 6.56. The molecule has 6 heteroatoms. The van der Waals surface area contributed by atoms with Crippen LogP contribution in [-0.4, -0.2) is 26.1 Å².